The third-order valence-corrected chi connectivity index (χ3v) is 6.73. The molecule has 0 bridgehead atoms. The zero-order valence-corrected chi connectivity index (χ0v) is 21.5. The zero-order chi connectivity index (χ0) is 27.1. The smallest absolute Gasteiger partial charge is 0.248 e. The first-order valence-electron chi connectivity index (χ1n) is 12.6. The van der Waals surface area contributed by atoms with Gasteiger partial charge >= 0.3 is 0 Å². The van der Waals surface area contributed by atoms with E-state index in [0.29, 0.717) is 44.4 Å². The molecule has 0 aliphatic heterocycles. The molecule has 1 atom stereocenters. The summed E-state index contributed by atoms with van der Waals surface area (Å²) in [5, 5.41) is 3.73. The van der Waals surface area contributed by atoms with Crippen molar-refractivity contribution in [2.75, 3.05) is 20.2 Å². The number of nitrogens with one attached hydrogen (secondary N) is 3. The molecule has 0 fully saturated rings. The van der Waals surface area contributed by atoms with Gasteiger partial charge in [0.15, 0.2) is 0 Å². The van der Waals surface area contributed by atoms with E-state index >= 15 is 0 Å². The number of fused-ring (bicyclic) bond motifs is 1. The first kappa shape index (κ1) is 27.1. The van der Waals surface area contributed by atoms with Crippen LogP contribution in [0.3, 0.4) is 0 Å². The van der Waals surface area contributed by atoms with Gasteiger partial charge in [0.2, 0.25) is 11.8 Å². The molecule has 1 aromatic heterocycles. The summed E-state index contributed by atoms with van der Waals surface area (Å²) in [7, 11) is 1.71. The molecule has 0 saturated carbocycles. The molecular formula is C29H32F2N4O3. The highest BCUT2D eigenvalue weighted by atomic mass is 19.1. The lowest BCUT2D eigenvalue weighted by Gasteiger charge is -2.38. The van der Waals surface area contributed by atoms with Crippen molar-refractivity contribution in [3.63, 3.8) is 0 Å². The van der Waals surface area contributed by atoms with Crippen LogP contribution in [-0.4, -0.2) is 47.4 Å². The highest BCUT2D eigenvalue weighted by molar-refractivity contribution is 5.97. The van der Waals surface area contributed by atoms with Gasteiger partial charge in [-0.15, -0.1) is 0 Å². The average Bonchev–Trinajstić information content (AvgIpc) is 3.32. The van der Waals surface area contributed by atoms with Crippen LogP contribution in [-0.2, 0) is 20.8 Å². The molecule has 2 amide bonds. The summed E-state index contributed by atoms with van der Waals surface area (Å²) in [5.41, 5.74) is 5.02. The van der Waals surface area contributed by atoms with Crippen LogP contribution < -0.4 is 10.8 Å². The van der Waals surface area contributed by atoms with Crippen LogP contribution >= 0.6 is 0 Å². The van der Waals surface area contributed by atoms with Crippen LogP contribution in [0, 0.1) is 11.6 Å². The number of allylic oxidation sites excluding steroid dienone is 1. The second-order valence-corrected chi connectivity index (χ2v) is 9.41. The molecule has 0 radical (unpaired) electrons. The number of aromatic nitrogens is 1. The third kappa shape index (κ3) is 6.47. The highest BCUT2D eigenvalue weighted by Gasteiger charge is 2.42. The van der Waals surface area contributed by atoms with E-state index in [1.54, 1.807) is 36.2 Å². The zero-order valence-electron chi connectivity index (χ0n) is 21.5. The SMILES string of the molecule is CCONC1=CCC(NC(=O)C=Cc2ccc(F)cc2)(C(=O)N(C)CCc2c[nH]c3ccc(F)cc23)CC1. The molecule has 1 heterocycles. The van der Waals surface area contributed by atoms with Gasteiger partial charge in [-0.05, 0) is 80.1 Å². The molecule has 0 spiro atoms. The van der Waals surface area contributed by atoms with Crippen LogP contribution in [0.2, 0.25) is 0 Å². The minimum absolute atomic E-state index is 0.209. The number of hydrogen-bond donors (Lipinski definition) is 3. The molecule has 4 rings (SSSR count). The van der Waals surface area contributed by atoms with E-state index < -0.39 is 11.4 Å². The predicted molar refractivity (Wildman–Crippen MR) is 143 cm³/mol. The molecule has 1 aliphatic carbocycles. The second-order valence-electron chi connectivity index (χ2n) is 9.41. The fourth-order valence-corrected chi connectivity index (χ4v) is 4.60. The molecule has 7 nitrogen and oxygen atoms in total. The monoisotopic (exact) mass is 522 g/mol. The molecule has 3 aromatic rings. The Balaban J connectivity index is 1.48. The summed E-state index contributed by atoms with van der Waals surface area (Å²) in [5.74, 6) is -1.30. The maximum atomic E-state index is 13.8. The Morgan fingerprint density at radius 2 is 1.92 bits per heavy atom. The summed E-state index contributed by atoms with van der Waals surface area (Å²) in [4.78, 5) is 36.7. The number of amides is 2. The van der Waals surface area contributed by atoms with Crippen LogP contribution in [0.15, 0.2) is 66.5 Å². The number of nitrogens with zero attached hydrogens (tertiary/aromatic N) is 1. The Labute approximate surface area is 220 Å². The second kappa shape index (κ2) is 12.0. The van der Waals surface area contributed by atoms with E-state index in [-0.39, 0.29) is 17.5 Å². The summed E-state index contributed by atoms with van der Waals surface area (Å²) in [6, 6.07) is 10.3. The first-order chi connectivity index (χ1) is 18.3. The topological polar surface area (TPSA) is 86.5 Å². The van der Waals surface area contributed by atoms with Gasteiger partial charge in [0.1, 0.15) is 17.2 Å². The van der Waals surface area contributed by atoms with Crippen molar-refractivity contribution in [1.29, 1.82) is 0 Å². The van der Waals surface area contributed by atoms with Crippen molar-refractivity contribution in [3.8, 4) is 0 Å². The Bertz CT molecular complexity index is 1350. The molecule has 3 N–H and O–H groups in total. The number of carbonyl (C=O) groups is 2. The molecule has 38 heavy (non-hydrogen) atoms. The number of aromatic amines is 1. The molecular weight excluding hydrogens is 490 g/mol. The quantitative estimate of drug-likeness (QED) is 0.268. The van der Waals surface area contributed by atoms with E-state index in [4.69, 9.17) is 4.84 Å². The highest BCUT2D eigenvalue weighted by Crippen LogP contribution is 2.29. The van der Waals surface area contributed by atoms with Crippen LogP contribution in [0.1, 0.15) is 37.3 Å². The maximum Gasteiger partial charge on any atom is 0.248 e. The van der Waals surface area contributed by atoms with Gasteiger partial charge in [0, 0.05) is 42.5 Å². The summed E-state index contributed by atoms with van der Waals surface area (Å²) in [6.45, 7) is 2.75. The van der Waals surface area contributed by atoms with E-state index in [2.05, 4.69) is 15.8 Å². The van der Waals surface area contributed by atoms with Gasteiger partial charge in [0.25, 0.3) is 0 Å². The van der Waals surface area contributed by atoms with Gasteiger partial charge in [0.05, 0.1) is 6.61 Å². The van der Waals surface area contributed by atoms with E-state index in [1.807, 2.05) is 19.2 Å². The Morgan fingerprint density at radius 3 is 2.63 bits per heavy atom. The Morgan fingerprint density at radius 1 is 1.16 bits per heavy atom. The lowest BCUT2D eigenvalue weighted by Crippen LogP contribution is -2.59. The normalized spacial score (nSPS) is 17.4. The van der Waals surface area contributed by atoms with Crippen molar-refractivity contribution in [2.24, 2.45) is 0 Å². The van der Waals surface area contributed by atoms with Crippen LogP contribution in [0.4, 0.5) is 8.78 Å². The van der Waals surface area contributed by atoms with E-state index in [0.717, 1.165) is 22.2 Å². The minimum Gasteiger partial charge on any atom is -0.361 e. The first-order valence-corrected chi connectivity index (χ1v) is 12.6. The Hall–Kier alpha value is -3.98. The third-order valence-electron chi connectivity index (χ3n) is 6.73. The van der Waals surface area contributed by atoms with E-state index in [1.165, 1.54) is 30.3 Å². The van der Waals surface area contributed by atoms with Gasteiger partial charge in [-0.3, -0.25) is 19.9 Å². The average molecular weight is 523 g/mol. The van der Waals surface area contributed by atoms with Crippen molar-refractivity contribution >= 4 is 28.8 Å². The van der Waals surface area contributed by atoms with Crippen molar-refractivity contribution in [1.82, 2.24) is 20.7 Å². The Kier molecular flexibility index (Phi) is 8.58. The molecule has 0 saturated heterocycles. The molecule has 9 heteroatoms. The van der Waals surface area contributed by atoms with Gasteiger partial charge in [-0.2, -0.15) is 0 Å². The van der Waals surface area contributed by atoms with Crippen LogP contribution in [0.5, 0.6) is 0 Å². The van der Waals surface area contributed by atoms with Crippen LogP contribution in [0.25, 0.3) is 17.0 Å². The van der Waals surface area contributed by atoms with Gasteiger partial charge in [-0.25, -0.2) is 8.78 Å². The van der Waals surface area contributed by atoms with Crippen molar-refractivity contribution < 1.29 is 23.2 Å². The fourth-order valence-electron chi connectivity index (χ4n) is 4.60. The standard InChI is InChI=1S/C29H32F2N4O3/c1-3-38-34-24-12-15-29(16-13-24,33-27(36)11-6-20-4-7-22(30)8-5-20)28(37)35(2)17-14-21-19-32-26-10-9-23(31)18-25(21)26/h4-12,18-19,32,34H,3,13-17H2,1-2H3,(H,33,36). The van der Waals surface area contributed by atoms with Gasteiger partial charge < -0.3 is 15.2 Å². The number of rotatable bonds is 10. The molecule has 200 valence electrons. The number of benzene rings is 2. The maximum absolute atomic E-state index is 13.8. The summed E-state index contributed by atoms with van der Waals surface area (Å²) < 4.78 is 27.0. The largest absolute Gasteiger partial charge is 0.361 e. The predicted octanol–water partition coefficient (Wildman–Crippen LogP) is 4.62. The molecule has 2 aromatic carbocycles. The number of likely N-dealkylation sites (N-methyl/N-ethyl adjacent to an activating group) is 1. The fraction of sp³-hybridized carbons (Fsp3) is 0.310. The van der Waals surface area contributed by atoms with Crippen molar-refractivity contribution in [2.45, 2.75) is 38.1 Å². The van der Waals surface area contributed by atoms with Gasteiger partial charge in [-0.1, -0.05) is 18.2 Å². The summed E-state index contributed by atoms with van der Waals surface area (Å²) >= 11 is 0. The number of H-pyrrole nitrogens is 1. The minimum atomic E-state index is -1.14. The molecule has 1 unspecified atom stereocenters. The number of halogens is 2. The molecule has 1 aliphatic rings. The lowest BCUT2D eigenvalue weighted by atomic mass is 9.82. The number of hydroxylamine groups is 1. The lowest BCUT2D eigenvalue weighted by molar-refractivity contribution is -0.140. The summed E-state index contributed by atoms with van der Waals surface area (Å²) in [6.07, 6.45) is 8.34. The van der Waals surface area contributed by atoms with Crippen molar-refractivity contribution in [3.05, 3.63) is 89.3 Å². The van der Waals surface area contributed by atoms with E-state index in [9.17, 15) is 18.4 Å². The number of hydrogen-bond acceptors (Lipinski definition) is 4. The number of carbonyl (C=O) groups excluding carboxylic acids is 2.